The lowest BCUT2D eigenvalue weighted by molar-refractivity contribution is 0.138. The van der Waals surface area contributed by atoms with Crippen LogP contribution in [0.5, 0.6) is 0 Å². The van der Waals surface area contributed by atoms with Gasteiger partial charge in [0.25, 0.3) is 0 Å². The van der Waals surface area contributed by atoms with Crippen LogP contribution in [0.15, 0.2) is 5.11 Å². The van der Waals surface area contributed by atoms with E-state index in [1.807, 2.05) is 0 Å². The van der Waals surface area contributed by atoms with Gasteiger partial charge in [0.05, 0.1) is 0 Å². The maximum absolute atomic E-state index is 10.3. The van der Waals surface area contributed by atoms with Crippen molar-refractivity contribution in [3.8, 4) is 0 Å². The SMILES string of the molecule is N=NC1NC(=O)NC1O. The van der Waals surface area contributed by atoms with E-state index in [4.69, 9.17) is 10.6 Å². The third kappa shape index (κ3) is 0.968. The van der Waals surface area contributed by atoms with E-state index in [-0.39, 0.29) is 0 Å². The monoisotopic (exact) mass is 130 g/mol. The van der Waals surface area contributed by atoms with Crippen molar-refractivity contribution in [2.24, 2.45) is 5.11 Å². The maximum atomic E-state index is 10.3. The van der Waals surface area contributed by atoms with Gasteiger partial charge in [0.1, 0.15) is 0 Å². The van der Waals surface area contributed by atoms with Crippen LogP contribution >= 0.6 is 0 Å². The summed E-state index contributed by atoms with van der Waals surface area (Å²) in [5, 5.41) is 16.0. The third-order valence-corrected chi connectivity index (χ3v) is 0.996. The molecule has 0 aromatic heterocycles. The van der Waals surface area contributed by atoms with Crippen LogP contribution < -0.4 is 10.6 Å². The molecule has 9 heavy (non-hydrogen) atoms. The fraction of sp³-hybridized carbons (Fsp3) is 0.667. The zero-order valence-electron chi connectivity index (χ0n) is 4.46. The van der Waals surface area contributed by atoms with Crippen LogP contribution in [0.25, 0.3) is 0 Å². The number of amides is 2. The van der Waals surface area contributed by atoms with Gasteiger partial charge in [-0.1, -0.05) is 0 Å². The molecule has 0 saturated carbocycles. The summed E-state index contributed by atoms with van der Waals surface area (Å²) in [4.78, 5) is 10.3. The molecule has 0 aliphatic carbocycles. The highest BCUT2D eigenvalue weighted by molar-refractivity contribution is 5.76. The molecule has 2 unspecified atom stereocenters. The first kappa shape index (κ1) is 5.96. The molecule has 6 nitrogen and oxygen atoms in total. The lowest BCUT2D eigenvalue weighted by Gasteiger charge is -2.02. The van der Waals surface area contributed by atoms with E-state index in [2.05, 4.69) is 15.7 Å². The third-order valence-electron chi connectivity index (χ3n) is 0.996. The highest BCUT2D eigenvalue weighted by atomic mass is 16.3. The first-order valence-electron chi connectivity index (χ1n) is 2.35. The fourth-order valence-electron chi connectivity index (χ4n) is 0.571. The van der Waals surface area contributed by atoms with Crippen LogP contribution in [0.1, 0.15) is 0 Å². The number of carbonyl (C=O) groups excluding carboxylic acids is 1. The van der Waals surface area contributed by atoms with Crippen molar-refractivity contribution in [1.29, 1.82) is 5.53 Å². The average Bonchev–Trinajstić information content (AvgIpc) is 2.10. The molecule has 1 aliphatic heterocycles. The molecule has 1 heterocycles. The van der Waals surface area contributed by atoms with Gasteiger partial charge in [0.2, 0.25) is 0 Å². The number of rotatable bonds is 1. The predicted octanol–water partition coefficient (Wildman–Crippen LogP) is -1.03. The molecule has 0 aromatic carbocycles. The number of carbonyl (C=O) groups is 1. The van der Waals surface area contributed by atoms with Gasteiger partial charge in [-0.05, 0) is 0 Å². The lowest BCUT2D eigenvalue weighted by Crippen LogP contribution is -2.30. The van der Waals surface area contributed by atoms with Gasteiger partial charge in [-0.2, -0.15) is 5.11 Å². The standard InChI is InChI=1S/C3H6N4O2/c4-7-1-2(8)6-3(9)5-1/h1-2,4,8H,(H2,5,6,9). The summed E-state index contributed by atoms with van der Waals surface area (Å²) in [7, 11) is 0. The van der Waals surface area contributed by atoms with Gasteiger partial charge in [0.15, 0.2) is 12.4 Å². The molecule has 1 rings (SSSR count). The Kier molecular flexibility index (Phi) is 1.31. The smallest absolute Gasteiger partial charge is 0.318 e. The van der Waals surface area contributed by atoms with Crippen LogP contribution in [0, 0.1) is 5.53 Å². The number of hydrogen-bond acceptors (Lipinski definition) is 4. The molecule has 2 atom stereocenters. The van der Waals surface area contributed by atoms with Crippen molar-refractivity contribution in [2.45, 2.75) is 12.4 Å². The minimum atomic E-state index is -1.06. The van der Waals surface area contributed by atoms with Crippen LogP contribution in [-0.2, 0) is 0 Å². The molecule has 4 N–H and O–H groups in total. The average molecular weight is 130 g/mol. The van der Waals surface area contributed by atoms with E-state index in [1.54, 1.807) is 0 Å². The van der Waals surface area contributed by atoms with E-state index in [9.17, 15) is 4.79 Å². The Balaban J connectivity index is 2.57. The van der Waals surface area contributed by atoms with E-state index >= 15 is 0 Å². The molecule has 0 bridgehead atoms. The van der Waals surface area contributed by atoms with Crippen LogP contribution in [0.2, 0.25) is 0 Å². The first-order chi connectivity index (χ1) is 4.24. The fourth-order valence-corrected chi connectivity index (χ4v) is 0.571. The van der Waals surface area contributed by atoms with Gasteiger partial charge >= 0.3 is 6.03 Å². The van der Waals surface area contributed by atoms with Gasteiger partial charge < -0.3 is 15.7 Å². The van der Waals surface area contributed by atoms with Crippen molar-refractivity contribution in [1.82, 2.24) is 10.6 Å². The van der Waals surface area contributed by atoms with Crippen LogP contribution in [0.3, 0.4) is 0 Å². The molecule has 1 fully saturated rings. The molecule has 6 heteroatoms. The van der Waals surface area contributed by atoms with E-state index < -0.39 is 18.4 Å². The molecule has 0 spiro atoms. The summed E-state index contributed by atoms with van der Waals surface area (Å²) in [5.41, 5.74) is 6.43. The quantitative estimate of drug-likeness (QED) is 0.341. The summed E-state index contributed by atoms with van der Waals surface area (Å²) in [6, 6.07) is -0.497. The normalized spacial score (nSPS) is 33.2. The zero-order chi connectivity index (χ0) is 6.85. The number of hydrogen-bond donors (Lipinski definition) is 4. The second-order valence-electron chi connectivity index (χ2n) is 1.64. The number of aliphatic hydroxyl groups is 1. The maximum Gasteiger partial charge on any atom is 0.318 e. The highest BCUT2D eigenvalue weighted by Crippen LogP contribution is 1.97. The van der Waals surface area contributed by atoms with E-state index in [1.165, 1.54) is 0 Å². The second-order valence-corrected chi connectivity index (χ2v) is 1.64. The molecular formula is C3H6N4O2. The summed E-state index contributed by atoms with van der Waals surface area (Å²) in [5.74, 6) is 0. The summed E-state index contributed by atoms with van der Waals surface area (Å²) in [6.45, 7) is 0. The van der Waals surface area contributed by atoms with Crippen molar-refractivity contribution in [3.05, 3.63) is 0 Å². The molecule has 0 aromatic rings. The molecule has 50 valence electrons. The van der Waals surface area contributed by atoms with Crippen molar-refractivity contribution in [3.63, 3.8) is 0 Å². The van der Waals surface area contributed by atoms with Gasteiger partial charge in [-0.25, -0.2) is 10.3 Å². The first-order valence-corrected chi connectivity index (χ1v) is 2.35. The van der Waals surface area contributed by atoms with Gasteiger partial charge in [-0.3, -0.25) is 0 Å². The zero-order valence-corrected chi connectivity index (χ0v) is 4.46. The van der Waals surface area contributed by atoms with Gasteiger partial charge in [0, 0.05) is 0 Å². The Labute approximate surface area is 50.8 Å². The summed E-state index contributed by atoms with van der Waals surface area (Å²) >= 11 is 0. The summed E-state index contributed by atoms with van der Waals surface area (Å²) in [6.07, 6.45) is -1.88. The minimum absolute atomic E-state index is 0.497. The Morgan fingerprint density at radius 1 is 1.67 bits per heavy atom. The highest BCUT2D eigenvalue weighted by Gasteiger charge is 2.28. The number of urea groups is 1. The predicted molar refractivity (Wildman–Crippen MR) is 26.6 cm³/mol. The Hall–Kier alpha value is -1.17. The van der Waals surface area contributed by atoms with Crippen LogP contribution in [-0.4, -0.2) is 23.5 Å². The Morgan fingerprint density at radius 2 is 2.33 bits per heavy atom. The van der Waals surface area contributed by atoms with Crippen molar-refractivity contribution < 1.29 is 9.90 Å². The number of nitrogens with one attached hydrogen (secondary N) is 3. The molecule has 1 saturated heterocycles. The lowest BCUT2D eigenvalue weighted by atomic mass is 10.5. The van der Waals surface area contributed by atoms with Gasteiger partial charge in [-0.15, -0.1) is 0 Å². The van der Waals surface area contributed by atoms with Crippen LogP contribution in [0.4, 0.5) is 4.79 Å². The Bertz CT molecular complexity index is 147. The van der Waals surface area contributed by atoms with E-state index in [0.717, 1.165) is 0 Å². The molecular weight excluding hydrogens is 124 g/mol. The molecule has 2 amide bonds. The molecule has 0 radical (unpaired) electrons. The number of nitrogens with zero attached hydrogens (tertiary/aromatic N) is 1. The topological polar surface area (TPSA) is 97.6 Å². The minimum Gasteiger partial charge on any atom is -0.370 e. The number of aliphatic hydroxyl groups excluding tert-OH is 1. The summed E-state index contributed by atoms with van der Waals surface area (Å²) < 4.78 is 0. The Morgan fingerprint density at radius 3 is 2.56 bits per heavy atom. The van der Waals surface area contributed by atoms with Crippen molar-refractivity contribution >= 4 is 6.03 Å². The van der Waals surface area contributed by atoms with Crippen molar-refractivity contribution in [2.75, 3.05) is 0 Å². The molecule has 1 aliphatic rings. The van der Waals surface area contributed by atoms with E-state index in [0.29, 0.717) is 0 Å². The second kappa shape index (κ2) is 1.98. The largest absolute Gasteiger partial charge is 0.370 e.